The number of carbonyl (C=O) groups is 1. The van der Waals surface area contributed by atoms with Crippen LogP contribution in [0.25, 0.3) is 0 Å². The van der Waals surface area contributed by atoms with Crippen LogP contribution in [-0.4, -0.2) is 11.0 Å². The summed E-state index contributed by atoms with van der Waals surface area (Å²) >= 11 is 0. The molecule has 1 amide bonds. The first kappa shape index (κ1) is 15.5. The van der Waals surface area contributed by atoms with Gasteiger partial charge in [0.1, 0.15) is 6.61 Å². The summed E-state index contributed by atoms with van der Waals surface area (Å²) in [6.07, 6.45) is 0.00536. The van der Waals surface area contributed by atoms with E-state index in [9.17, 15) is 14.9 Å². The Morgan fingerprint density at radius 3 is 2.59 bits per heavy atom. The Morgan fingerprint density at radius 1 is 1.23 bits per heavy atom. The summed E-state index contributed by atoms with van der Waals surface area (Å²) in [6, 6.07) is 13.7. The van der Waals surface area contributed by atoms with Gasteiger partial charge in [-0.25, -0.2) is 4.79 Å². The molecule has 0 spiro atoms. The molecule has 0 aliphatic carbocycles. The van der Waals surface area contributed by atoms with E-state index in [2.05, 4.69) is 5.32 Å². The summed E-state index contributed by atoms with van der Waals surface area (Å²) in [5.41, 5.74) is 2.00. The predicted molar refractivity (Wildman–Crippen MR) is 82.7 cm³/mol. The van der Waals surface area contributed by atoms with Gasteiger partial charge in [0, 0.05) is 12.1 Å². The number of nitro groups is 1. The van der Waals surface area contributed by atoms with Crippen molar-refractivity contribution < 1.29 is 14.5 Å². The number of carbonyl (C=O) groups excluding carboxylic acids is 1. The summed E-state index contributed by atoms with van der Waals surface area (Å²) in [7, 11) is 0. The highest BCUT2D eigenvalue weighted by atomic mass is 16.6. The third kappa shape index (κ3) is 4.05. The Kier molecular flexibility index (Phi) is 5.08. The number of nitrogens with zero attached hydrogens (tertiary/aromatic N) is 1. The number of aryl methyl sites for hydroxylation is 1. The molecule has 0 fully saturated rings. The van der Waals surface area contributed by atoms with Crippen molar-refractivity contribution >= 4 is 17.5 Å². The molecule has 0 unspecified atom stereocenters. The van der Waals surface area contributed by atoms with Crippen molar-refractivity contribution in [3.8, 4) is 0 Å². The highest BCUT2D eigenvalue weighted by Crippen LogP contribution is 2.23. The number of benzene rings is 2. The molecule has 2 rings (SSSR count). The van der Waals surface area contributed by atoms with Crippen molar-refractivity contribution in [3.63, 3.8) is 0 Å². The van der Waals surface area contributed by atoms with Gasteiger partial charge in [-0.15, -0.1) is 0 Å². The zero-order valence-corrected chi connectivity index (χ0v) is 12.1. The van der Waals surface area contributed by atoms with Crippen molar-refractivity contribution in [2.75, 3.05) is 5.32 Å². The number of amides is 1. The molecular formula is C16H16N2O4. The first-order valence-electron chi connectivity index (χ1n) is 6.85. The molecule has 1 N–H and O–H groups in total. The molecule has 0 atom stereocenters. The summed E-state index contributed by atoms with van der Waals surface area (Å²) in [4.78, 5) is 22.1. The van der Waals surface area contributed by atoms with Gasteiger partial charge < -0.3 is 4.74 Å². The maximum atomic E-state index is 11.8. The van der Waals surface area contributed by atoms with Crippen molar-refractivity contribution in [2.45, 2.75) is 20.0 Å². The predicted octanol–water partition coefficient (Wildman–Crippen LogP) is 3.91. The number of non-ortho nitro benzene ring substituents is 1. The van der Waals surface area contributed by atoms with E-state index in [4.69, 9.17) is 4.74 Å². The van der Waals surface area contributed by atoms with Crippen LogP contribution in [0.4, 0.5) is 16.2 Å². The van der Waals surface area contributed by atoms with Crippen LogP contribution in [0, 0.1) is 10.1 Å². The number of nitrogens with one attached hydrogen (secondary N) is 1. The van der Waals surface area contributed by atoms with Crippen LogP contribution < -0.4 is 5.32 Å². The van der Waals surface area contributed by atoms with Gasteiger partial charge in [0.25, 0.3) is 5.69 Å². The number of rotatable bonds is 5. The highest BCUT2D eigenvalue weighted by molar-refractivity contribution is 5.86. The second-order valence-electron chi connectivity index (χ2n) is 4.64. The molecule has 0 aliphatic heterocycles. The van der Waals surface area contributed by atoms with E-state index in [-0.39, 0.29) is 12.3 Å². The van der Waals surface area contributed by atoms with Gasteiger partial charge in [-0.1, -0.05) is 43.3 Å². The van der Waals surface area contributed by atoms with Crippen LogP contribution in [-0.2, 0) is 17.8 Å². The molecule has 6 heteroatoms. The second-order valence-corrected chi connectivity index (χ2v) is 4.64. The molecule has 2 aromatic carbocycles. The van der Waals surface area contributed by atoms with E-state index >= 15 is 0 Å². The Labute approximate surface area is 127 Å². The van der Waals surface area contributed by atoms with Crippen molar-refractivity contribution in [2.24, 2.45) is 0 Å². The van der Waals surface area contributed by atoms with Crippen LogP contribution in [0.1, 0.15) is 18.1 Å². The molecule has 0 aromatic heterocycles. The lowest BCUT2D eigenvalue weighted by Crippen LogP contribution is -2.15. The van der Waals surface area contributed by atoms with E-state index in [0.717, 1.165) is 11.1 Å². The lowest BCUT2D eigenvalue weighted by molar-refractivity contribution is -0.384. The van der Waals surface area contributed by atoms with Crippen LogP contribution in [0.3, 0.4) is 0 Å². The molecule has 22 heavy (non-hydrogen) atoms. The molecule has 0 bridgehead atoms. The lowest BCUT2D eigenvalue weighted by Gasteiger charge is -2.10. The number of hydrogen-bond donors (Lipinski definition) is 1. The molecular weight excluding hydrogens is 284 g/mol. The highest BCUT2D eigenvalue weighted by Gasteiger charge is 2.12. The zero-order chi connectivity index (χ0) is 15.9. The Balaban J connectivity index is 2.04. The fourth-order valence-corrected chi connectivity index (χ4v) is 1.97. The molecule has 114 valence electrons. The van der Waals surface area contributed by atoms with Crippen LogP contribution in [0.2, 0.25) is 0 Å². The summed E-state index contributed by atoms with van der Waals surface area (Å²) in [5.74, 6) is 0. The van der Waals surface area contributed by atoms with Gasteiger partial charge >= 0.3 is 6.09 Å². The van der Waals surface area contributed by atoms with E-state index in [1.165, 1.54) is 12.1 Å². The monoisotopic (exact) mass is 300 g/mol. The molecule has 0 saturated heterocycles. The quantitative estimate of drug-likeness (QED) is 0.670. The second kappa shape index (κ2) is 7.21. The van der Waals surface area contributed by atoms with Crippen molar-refractivity contribution in [1.29, 1.82) is 0 Å². The van der Waals surface area contributed by atoms with Crippen molar-refractivity contribution in [3.05, 3.63) is 69.8 Å². The summed E-state index contributed by atoms with van der Waals surface area (Å²) in [5, 5.41) is 13.4. The van der Waals surface area contributed by atoms with Crippen LogP contribution in [0.15, 0.2) is 48.5 Å². The fraction of sp³-hybridized carbons (Fsp3) is 0.188. The average Bonchev–Trinajstić information content (AvgIpc) is 2.53. The van der Waals surface area contributed by atoms with Gasteiger partial charge in [-0.05, 0) is 17.5 Å². The largest absolute Gasteiger partial charge is 0.444 e. The third-order valence-corrected chi connectivity index (χ3v) is 3.13. The number of nitro benzene ring substituents is 1. The van der Waals surface area contributed by atoms with Crippen LogP contribution >= 0.6 is 0 Å². The Bertz CT molecular complexity index is 671. The number of ether oxygens (including phenoxy) is 1. The minimum absolute atomic E-state index is 0.0736. The maximum absolute atomic E-state index is 11.8. The summed E-state index contributed by atoms with van der Waals surface area (Å²) in [6.45, 7) is 2.05. The Morgan fingerprint density at radius 2 is 1.95 bits per heavy atom. The van der Waals surface area contributed by atoms with E-state index in [0.29, 0.717) is 12.1 Å². The van der Waals surface area contributed by atoms with Crippen LogP contribution in [0.5, 0.6) is 0 Å². The molecule has 2 aromatic rings. The number of hydrogen-bond acceptors (Lipinski definition) is 4. The van der Waals surface area contributed by atoms with Gasteiger partial charge in [-0.3, -0.25) is 15.4 Å². The van der Waals surface area contributed by atoms with Gasteiger partial charge in [0.15, 0.2) is 0 Å². The van der Waals surface area contributed by atoms with Crippen molar-refractivity contribution in [1.82, 2.24) is 0 Å². The zero-order valence-electron chi connectivity index (χ0n) is 12.1. The van der Waals surface area contributed by atoms with Gasteiger partial charge in [-0.2, -0.15) is 0 Å². The average molecular weight is 300 g/mol. The first-order valence-corrected chi connectivity index (χ1v) is 6.85. The molecule has 0 saturated carbocycles. The third-order valence-electron chi connectivity index (χ3n) is 3.13. The normalized spacial score (nSPS) is 10.0. The molecule has 0 aliphatic rings. The lowest BCUT2D eigenvalue weighted by atomic mass is 10.1. The van der Waals surface area contributed by atoms with Gasteiger partial charge in [0.05, 0.1) is 10.6 Å². The SMILES string of the molecule is CCc1ccc([N+](=O)[O-])cc1NC(=O)OCc1ccccc1. The summed E-state index contributed by atoms with van der Waals surface area (Å²) < 4.78 is 5.11. The smallest absolute Gasteiger partial charge is 0.411 e. The van der Waals surface area contributed by atoms with Gasteiger partial charge in [0.2, 0.25) is 0 Å². The Hall–Kier alpha value is -2.89. The molecule has 0 radical (unpaired) electrons. The van der Waals surface area contributed by atoms with E-state index < -0.39 is 11.0 Å². The minimum Gasteiger partial charge on any atom is -0.444 e. The number of anilines is 1. The topological polar surface area (TPSA) is 81.5 Å². The maximum Gasteiger partial charge on any atom is 0.411 e. The fourth-order valence-electron chi connectivity index (χ4n) is 1.97. The minimum atomic E-state index is -0.640. The van der Waals surface area contributed by atoms with E-state index in [1.54, 1.807) is 6.07 Å². The standard InChI is InChI=1S/C16H16N2O4/c1-2-13-8-9-14(18(20)21)10-15(13)17-16(19)22-11-12-6-4-3-5-7-12/h3-10H,2,11H2,1H3,(H,17,19). The first-order chi connectivity index (χ1) is 10.6. The van der Waals surface area contributed by atoms with E-state index in [1.807, 2.05) is 37.3 Å². The molecule has 6 nitrogen and oxygen atoms in total. The molecule has 0 heterocycles.